The molecule has 4 atom stereocenters. The van der Waals surface area contributed by atoms with Crippen LogP contribution in [0.2, 0.25) is 0 Å². The summed E-state index contributed by atoms with van der Waals surface area (Å²) < 4.78 is 5.34. The Morgan fingerprint density at radius 1 is 1.44 bits per heavy atom. The molecule has 7 heteroatoms. The Labute approximate surface area is 104 Å². The molecule has 98 valence electrons. The second-order valence-corrected chi connectivity index (χ2v) is 4.16. The predicted octanol–water partition coefficient (Wildman–Crippen LogP) is -1.92. The van der Waals surface area contributed by atoms with Gasteiger partial charge in [-0.2, -0.15) is 0 Å². The van der Waals surface area contributed by atoms with Crippen molar-refractivity contribution in [3.63, 3.8) is 0 Å². The first-order chi connectivity index (χ1) is 8.47. The summed E-state index contributed by atoms with van der Waals surface area (Å²) in [4.78, 5) is 2.78. The molecule has 2 aliphatic heterocycles. The molecule has 2 rings (SSSR count). The van der Waals surface area contributed by atoms with Gasteiger partial charge in [-0.1, -0.05) is 6.58 Å². The van der Waals surface area contributed by atoms with E-state index < -0.39 is 31.1 Å². The van der Waals surface area contributed by atoms with Gasteiger partial charge in [0.15, 0.2) is 12.1 Å². The monoisotopic (exact) mass is 253 g/mol. The highest BCUT2D eigenvalue weighted by molar-refractivity contribution is 5.97. The topological polar surface area (TPSA) is 100 Å². The van der Waals surface area contributed by atoms with E-state index in [1.165, 1.54) is 9.80 Å². The number of nitrogens with zero attached hydrogens (tertiary/aromatic N) is 2. The first kappa shape index (κ1) is 12.9. The third kappa shape index (κ3) is 1.85. The zero-order chi connectivity index (χ0) is 13.4. The summed E-state index contributed by atoms with van der Waals surface area (Å²) in [7, 11) is 1.62. The summed E-state index contributed by atoms with van der Waals surface area (Å²) >= 11 is 0. The van der Waals surface area contributed by atoms with E-state index in [4.69, 9.17) is 15.3 Å². The lowest BCUT2D eigenvalue weighted by Crippen LogP contribution is -2.47. The lowest BCUT2D eigenvalue weighted by Gasteiger charge is -2.34. The average Bonchev–Trinajstić information content (AvgIpc) is 2.64. The Bertz CT molecular complexity index is 441. The third-order valence-electron chi connectivity index (χ3n) is 3.07. The number of ether oxygens (including phenoxy) is 1. The highest BCUT2D eigenvalue weighted by atomic mass is 16.6. The summed E-state index contributed by atoms with van der Waals surface area (Å²) in [6.07, 6.45) is -4.14. The number of hydrogen-bond donors (Lipinski definition) is 4. The third-order valence-corrected chi connectivity index (χ3v) is 3.07. The van der Waals surface area contributed by atoms with Crippen LogP contribution in [0.4, 0.5) is 0 Å². The van der Waals surface area contributed by atoms with Crippen LogP contribution in [0.3, 0.4) is 0 Å². The zero-order valence-electron chi connectivity index (χ0n) is 9.87. The highest BCUT2D eigenvalue weighted by Gasteiger charge is 2.46. The van der Waals surface area contributed by atoms with E-state index >= 15 is 0 Å². The van der Waals surface area contributed by atoms with E-state index in [0.717, 1.165) is 0 Å². The lowest BCUT2D eigenvalue weighted by atomic mass is 10.1. The van der Waals surface area contributed by atoms with Crippen molar-refractivity contribution in [2.45, 2.75) is 24.5 Å². The van der Waals surface area contributed by atoms with Crippen molar-refractivity contribution >= 4 is 5.84 Å². The van der Waals surface area contributed by atoms with Crippen LogP contribution >= 0.6 is 0 Å². The quantitative estimate of drug-likeness (QED) is 0.428. The Hall–Kier alpha value is -1.59. The van der Waals surface area contributed by atoms with Crippen molar-refractivity contribution in [2.24, 2.45) is 0 Å². The first-order valence-electron chi connectivity index (χ1n) is 5.42. The van der Waals surface area contributed by atoms with Crippen molar-refractivity contribution in [3.05, 3.63) is 12.4 Å². The lowest BCUT2D eigenvalue weighted by molar-refractivity contribution is -0.0702. The molecule has 0 aromatic carbocycles. The van der Waals surface area contributed by atoms with E-state index in [9.17, 15) is 10.2 Å². The fourth-order valence-corrected chi connectivity index (χ4v) is 1.86. The van der Waals surface area contributed by atoms with Gasteiger partial charge in [0.25, 0.3) is 0 Å². The highest BCUT2D eigenvalue weighted by Crippen LogP contribution is 2.27. The van der Waals surface area contributed by atoms with E-state index in [-0.39, 0.29) is 5.84 Å². The van der Waals surface area contributed by atoms with Crippen LogP contribution in [-0.4, -0.2) is 69.1 Å². The Balaban J connectivity index is 2.23. The molecular weight excluding hydrogens is 238 g/mol. The van der Waals surface area contributed by atoms with Gasteiger partial charge in [-0.25, -0.2) is 0 Å². The number of rotatable bonds is 2. The van der Waals surface area contributed by atoms with Gasteiger partial charge >= 0.3 is 0 Å². The van der Waals surface area contributed by atoms with Gasteiger partial charge in [-0.15, -0.1) is 0 Å². The molecule has 0 aromatic rings. The molecule has 1 fully saturated rings. The summed E-state index contributed by atoms with van der Waals surface area (Å²) in [6.45, 7) is 3.36. The van der Waals surface area contributed by atoms with Crippen molar-refractivity contribution in [1.82, 2.24) is 9.80 Å². The van der Waals surface area contributed by atoms with Gasteiger partial charge in [0.2, 0.25) is 0 Å². The summed E-state index contributed by atoms with van der Waals surface area (Å²) in [5, 5.41) is 36.1. The van der Waals surface area contributed by atoms with Crippen LogP contribution in [0.5, 0.6) is 0 Å². The van der Waals surface area contributed by atoms with Crippen molar-refractivity contribution < 1.29 is 20.1 Å². The number of aliphatic hydroxyl groups excluding tert-OH is 3. The molecule has 2 aliphatic rings. The molecule has 0 spiro atoms. The Kier molecular flexibility index (Phi) is 3.28. The molecule has 0 radical (unpaired) electrons. The van der Waals surface area contributed by atoms with Gasteiger partial charge in [-0.05, 0) is 5.92 Å². The average molecular weight is 253 g/mol. The summed E-state index contributed by atoms with van der Waals surface area (Å²) in [5.41, 5.74) is 0. The van der Waals surface area contributed by atoms with E-state index in [1.54, 1.807) is 7.05 Å². The maximum atomic E-state index is 9.87. The standard InChI is InChI=1S/C11H15N3O4/c1-6-13(2)8(12)3-4-14(6)11-10(17)9(16)7(5-15)18-11/h7,9-12,15-17H,1,5H2,2H3. The molecule has 1 saturated heterocycles. The van der Waals surface area contributed by atoms with E-state index in [2.05, 4.69) is 18.5 Å². The maximum absolute atomic E-state index is 9.87. The van der Waals surface area contributed by atoms with Crippen molar-refractivity contribution in [2.75, 3.05) is 13.7 Å². The molecule has 0 bridgehead atoms. The van der Waals surface area contributed by atoms with Gasteiger partial charge in [0.1, 0.15) is 24.1 Å². The first-order valence-corrected chi connectivity index (χ1v) is 5.42. The Morgan fingerprint density at radius 2 is 2.11 bits per heavy atom. The molecule has 7 nitrogen and oxygen atoms in total. The van der Waals surface area contributed by atoms with Gasteiger partial charge in [0, 0.05) is 13.1 Å². The van der Waals surface area contributed by atoms with Gasteiger partial charge in [0.05, 0.1) is 6.61 Å². The summed E-state index contributed by atoms with van der Waals surface area (Å²) in [6, 6.07) is 2.63. The van der Waals surface area contributed by atoms with Gasteiger partial charge in [-0.3, -0.25) is 10.3 Å². The predicted molar refractivity (Wildman–Crippen MR) is 62.0 cm³/mol. The fraction of sp³-hybridized carbons (Fsp3) is 0.545. The van der Waals surface area contributed by atoms with Crippen LogP contribution in [0.15, 0.2) is 12.4 Å². The minimum atomic E-state index is -1.20. The van der Waals surface area contributed by atoms with Gasteiger partial charge < -0.3 is 25.0 Å². The number of amidine groups is 1. The maximum Gasteiger partial charge on any atom is 0.180 e. The smallest absolute Gasteiger partial charge is 0.180 e. The number of nitrogens with one attached hydrogen (secondary N) is 1. The normalized spacial score (nSPS) is 35.8. The van der Waals surface area contributed by atoms with Crippen LogP contribution < -0.4 is 0 Å². The minimum absolute atomic E-state index is 0.0861. The second kappa shape index (κ2) is 4.59. The van der Waals surface area contributed by atoms with Crippen molar-refractivity contribution in [3.8, 4) is 12.0 Å². The minimum Gasteiger partial charge on any atom is -0.394 e. The van der Waals surface area contributed by atoms with Crippen LogP contribution in [0, 0.1) is 17.4 Å². The van der Waals surface area contributed by atoms with E-state index in [0.29, 0.717) is 5.82 Å². The van der Waals surface area contributed by atoms with Crippen LogP contribution in [-0.2, 0) is 4.74 Å². The molecule has 4 N–H and O–H groups in total. The summed E-state index contributed by atoms with van der Waals surface area (Å²) in [5.74, 6) is 3.00. The van der Waals surface area contributed by atoms with Crippen LogP contribution in [0.25, 0.3) is 0 Å². The number of hydrogen-bond acceptors (Lipinski definition) is 6. The molecule has 0 saturated carbocycles. The largest absolute Gasteiger partial charge is 0.394 e. The van der Waals surface area contributed by atoms with Crippen molar-refractivity contribution in [1.29, 1.82) is 5.41 Å². The molecule has 18 heavy (non-hydrogen) atoms. The van der Waals surface area contributed by atoms with E-state index in [1.807, 2.05) is 0 Å². The molecule has 0 aromatic heterocycles. The number of aliphatic hydroxyl groups is 3. The molecule has 0 amide bonds. The SMILES string of the molecule is C=C1N(C)C(=N)C#CN1C1OC(CO)C(O)C1O. The molecule has 4 unspecified atom stereocenters. The Morgan fingerprint density at radius 3 is 2.67 bits per heavy atom. The molecular formula is C11H15N3O4. The zero-order valence-corrected chi connectivity index (χ0v) is 9.87. The molecule has 0 aliphatic carbocycles. The van der Waals surface area contributed by atoms with Crippen LogP contribution in [0.1, 0.15) is 0 Å². The second-order valence-electron chi connectivity index (χ2n) is 4.16. The fourth-order valence-electron chi connectivity index (χ4n) is 1.86. The molecule has 2 heterocycles.